The number of nitrogens with zero attached hydrogens (tertiary/aromatic N) is 2. The molecular weight excluding hydrogens is 371 g/mol. The fourth-order valence-corrected chi connectivity index (χ4v) is 1.93. The SMILES string of the molecule is CC.CC.CN(O)C(=O)Nc1ccc([B]c2ccc(NC(=O)N(C)O)cc2)cc1. The van der Waals surface area contributed by atoms with Gasteiger partial charge in [0.15, 0.2) is 7.28 Å². The lowest BCUT2D eigenvalue weighted by atomic mass is 9.64. The Balaban J connectivity index is 0.00000184. The van der Waals surface area contributed by atoms with Crippen molar-refractivity contribution in [3.05, 3.63) is 48.5 Å². The summed E-state index contributed by atoms with van der Waals surface area (Å²) >= 11 is 0. The van der Waals surface area contributed by atoms with E-state index in [9.17, 15) is 9.59 Å². The van der Waals surface area contributed by atoms with Crippen LogP contribution in [-0.2, 0) is 0 Å². The molecule has 0 heterocycles. The van der Waals surface area contributed by atoms with Crippen LogP contribution in [0.1, 0.15) is 27.7 Å². The van der Waals surface area contributed by atoms with Crippen molar-refractivity contribution in [2.75, 3.05) is 24.7 Å². The van der Waals surface area contributed by atoms with Gasteiger partial charge in [0.2, 0.25) is 0 Å². The number of urea groups is 2. The van der Waals surface area contributed by atoms with Gasteiger partial charge >= 0.3 is 12.1 Å². The Morgan fingerprint density at radius 1 is 0.690 bits per heavy atom. The zero-order valence-electron chi connectivity index (χ0n) is 17.8. The maximum atomic E-state index is 11.3. The van der Waals surface area contributed by atoms with Crippen LogP contribution in [0.4, 0.5) is 21.0 Å². The van der Waals surface area contributed by atoms with E-state index < -0.39 is 12.1 Å². The fourth-order valence-electron chi connectivity index (χ4n) is 1.93. The highest BCUT2D eigenvalue weighted by Crippen LogP contribution is 2.06. The number of rotatable bonds is 4. The minimum Gasteiger partial charge on any atom is -0.306 e. The molecule has 0 spiro atoms. The highest BCUT2D eigenvalue weighted by atomic mass is 16.5. The van der Waals surface area contributed by atoms with E-state index in [1.807, 2.05) is 59.2 Å². The zero-order valence-corrected chi connectivity index (χ0v) is 17.8. The number of hydrogen-bond donors (Lipinski definition) is 4. The van der Waals surface area contributed by atoms with Gasteiger partial charge < -0.3 is 10.6 Å². The van der Waals surface area contributed by atoms with Crippen LogP contribution in [0.3, 0.4) is 0 Å². The molecular formula is C20H30BN4O4. The molecule has 9 heteroatoms. The third-order valence-corrected chi connectivity index (χ3v) is 3.25. The number of benzene rings is 2. The summed E-state index contributed by atoms with van der Waals surface area (Å²) in [5, 5.41) is 24.0. The molecule has 2 aromatic rings. The van der Waals surface area contributed by atoms with Crippen molar-refractivity contribution in [3.8, 4) is 0 Å². The lowest BCUT2D eigenvalue weighted by Gasteiger charge is -2.11. The van der Waals surface area contributed by atoms with Crippen LogP contribution in [-0.4, -0.2) is 54.0 Å². The molecule has 0 unspecified atom stereocenters. The van der Waals surface area contributed by atoms with Crippen LogP contribution in [0.5, 0.6) is 0 Å². The Hall–Kier alpha value is -3.04. The summed E-state index contributed by atoms with van der Waals surface area (Å²) in [5.41, 5.74) is 2.97. The standard InChI is InChI=1S/C16H18BN4O4.2C2H6/c1-20(24)15(22)18-13-7-3-11(4-8-13)17-12-5-9-14(10-6-12)19-16(23)21(2)25;2*1-2/h3-10,24-25H,1-2H3,(H,18,22)(H,19,23);2*1-2H3. The molecule has 4 N–H and O–H groups in total. The molecule has 0 aliphatic carbocycles. The normalized spacial score (nSPS) is 8.97. The smallest absolute Gasteiger partial charge is 0.306 e. The summed E-state index contributed by atoms with van der Waals surface area (Å²) in [5.74, 6) is 0. The number of hydroxylamine groups is 4. The second-order valence-electron chi connectivity index (χ2n) is 5.30. The average Bonchev–Trinajstić information content (AvgIpc) is 2.73. The molecule has 0 bridgehead atoms. The Morgan fingerprint density at radius 2 is 0.966 bits per heavy atom. The first-order chi connectivity index (χ1) is 13.8. The van der Waals surface area contributed by atoms with Gasteiger partial charge in [-0.15, -0.1) is 0 Å². The first-order valence-corrected chi connectivity index (χ1v) is 9.37. The van der Waals surface area contributed by atoms with Gasteiger partial charge in [0, 0.05) is 25.5 Å². The van der Waals surface area contributed by atoms with Crippen LogP contribution in [0, 0.1) is 0 Å². The third-order valence-electron chi connectivity index (χ3n) is 3.25. The van der Waals surface area contributed by atoms with Crippen molar-refractivity contribution in [2.24, 2.45) is 0 Å². The lowest BCUT2D eigenvalue weighted by molar-refractivity contribution is -0.0118. The molecule has 0 fully saturated rings. The number of carbonyl (C=O) groups is 2. The lowest BCUT2D eigenvalue weighted by Crippen LogP contribution is -2.29. The largest absolute Gasteiger partial charge is 0.345 e. The van der Waals surface area contributed by atoms with Crippen molar-refractivity contribution in [1.29, 1.82) is 0 Å². The molecule has 0 aromatic heterocycles. The topological polar surface area (TPSA) is 105 Å². The van der Waals surface area contributed by atoms with Crippen molar-refractivity contribution < 1.29 is 20.0 Å². The van der Waals surface area contributed by atoms with Gasteiger partial charge in [-0.2, -0.15) is 0 Å². The van der Waals surface area contributed by atoms with E-state index in [1.54, 1.807) is 24.3 Å². The molecule has 0 aliphatic heterocycles. The molecule has 0 aliphatic rings. The molecule has 0 saturated heterocycles. The maximum Gasteiger partial charge on any atom is 0.345 e. The fraction of sp³-hybridized carbons (Fsp3) is 0.300. The summed E-state index contributed by atoms with van der Waals surface area (Å²) in [6.07, 6.45) is 0. The van der Waals surface area contributed by atoms with Gasteiger partial charge in [-0.25, -0.2) is 19.7 Å². The first kappa shape index (κ1) is 26.0. The number of amides is 4. The van der Waals surface area contributed by atoms with Crippen molar-refractivity contribution >= 4 is 41.6 Å². The number of hydrogen-bond acceptors (Lipinski definition) is 4. The Kier molecular flexibility index (Phi) is 12.6. The molecule has 2 aromatic carbocycles. The van der Waals surface area contributed by atoms with E-state index >= 15 is 0 Å². The molecule has 29 heavy (non-hydrogen) atoms. The quantitative estimate of drug-likeness (QED) is 0.359. The predicted octanol–water partition coefficient (Wildman–Crippen LogP) is 3.10. The summed E-state index contributed by atoms with van der Waals surface area (Å²) in [4.78, 5) is 22.7. The van der Waals surface area contributed by atoms with Crippen LogP contribution < -0.4 is 21.6 Å². The van der Waals surface area contributed by atoms with Crippen LogP contribution >= 0.6 is 0 Å². The Morgan fingerprint density at radius 3 is 1.21 bits per heavy atom. The van der Waals surface area contributed by atoms with Gasteiger partial charge in [0.05, 0.1) is 0 Å². The summed E-state index contributed by atoms with van der Waals surface area (Å²) < 4.78 is 0. The molecule has 2 rings (SSSR count). The van der Waals surface area contributed by atoms with Gasteiger partial charge in [-0.05, 0) is 24.3 Å². The predicted molar refractivity (Wildman–Crippen MR) is 118 cm³/mol. The summed E-state index contributed by atoms with van der Waals surface area (Å²) in [6, 6.07) is 12.9. The number of nitrogens with one attached hydrogen (secondary N) is 2. The highest BCUT2D eigenvalue weighted by molar-refractivity contribution is 6.67. The maximum absolute atomic E-state index is 11.3. The van der Waals surface area contributed by atoms with E-state index in [4.69, 9.17) is 10.4 Å². The molecule has 4 amide bonds. The second-order valence-corrected chi connectivity index (χ2v) is 5.30. The van der Waals surface area contributed by atoms with Crippen molar-refractivity contribution in [3.63, 3.8) is 0 Å². The average molecular weight is 401 g/mol. The Bertz CT molecular complexity index is 672. The minimum absolute atomic E-state index is 0.467. The summed E-state index contributed by atoms with van der Waals surface area (Å²) in [6.45, 7) is 8.00. The Labute approximate surface area is 173 Å². The van der Waals surface area contributed by atoms with E-state index in [-0.39, 0.29) is 0 Å². The molecule has 157 valence electrons. The molecule has 8 nitrogen and oxygen atoms in total. The van der Waals surface area contributed by atoms with Gasteiger partial charge in [-0.3, -0.25) is 10.4 Å². The van der Waals surface area contributed by atoms with Crippen LogP contribution in [0.15, 0.2) is 48.5 Å². The molecule has 0 atom stereocenters. The van der Waals surface area contributed by atoms with Gasteiger partial charge in [0.1, 0.15) is 0 Å². The number of anilines is 2. The van der Waals surface area contributed by atoms with Gasteiger partial charge in [-0.1, -0.05) is 62.9 Å². The molecule has 0 saturated carbocycles. The third kappa shape index (κ3) is 9.64. The summed E-state index contributed by atoms with van der Waals surface area (Å²) in [7, 11) is 4.40. The molecule has 1 radical (unpaired) electrons. The van der Waals surface area contributed by atoms with Crippen LogP contribution in [0.25, 0.3) is 0 Å². The van der Waals surface area contributed by atoms with Crippen molar-refractivity contribution in [1.82, 2.24) is 10.1 Å². The highest BCUT2D eigenvalue weighted by Gasteiger charge is 2.07. The van der Waals surface area contributed by atoms with Crippen LogP contribution in [0.2, 0.25) is 0 Å². The van der Waals surface area contributed by atoms with E-state index in [0.717, 1.165) is 10.9 Å². The minimum atomic E-state index is -0.622. The van der Waals surface area contributed by atoms with Gasteiger partial charge in [0.25, 0.3) is 0 Å². The van der Waals surface area contributed by atoms with Crippen molar-refractivity contribution in [2.45, 2.75) is 27.7 Å². The van der Waals surface area contributed by atoms with E-state index in [2.05, 4.69) is 10.6 Å². The first-order valence-electron chi connectivity index (χ1n) is 9.37. The van der Waals surface area contributed by atoms with E-state index in [0.29, 0.717) is 21.5 Å². The number of carbonyl (C=O) groups excluding carboxylic acids is 2. The monoisotopic (exact) mass is 401 g/mol. The van der Waals surface area contributed by atoms with E-state index in [1.165, 1.54) is 14.1 Å². The zero-order chi connectivity index (χ0) is 22.4. The second kappa shape index (κ2) is 14.0.